The van der Waals surface area contributed by atoms with Crippen molar-refractivity contribution in [1.29, 1.82) is 0 Å². The molecular formula is C10H11F2NO3S. The third kappa shape index (κ3) is 2.31. The van der Waals surface area contributed by atoms with E-state index in [2.05, 4.69) is 0 Å². The van der Waals surface area contributed by atoms with E-state index in [1.54, 1.807) is 0 Å². The van der Waals surface area contributed by atoms with E-state index in [4.69, 9.17) is 0 Å². The summed E-state index contributed by atoms with van der Waals surface area (Å²) >= 11 is 0. The Balaban J connectivity index is 2.35. The highest BCUT2D eigenvalue weighted by atomic mass is 32.2. The van der Waals surface area contributed by atoms with Crippen molar-refractivity contribution in [3.8, 4) is 0 Å². The van der Waals surface area contributed by atoms with Crippen molar-refractivity contribution in [1.82, 2.24) is 4.31 Å². The fraction of sp³-hybridized carbons (Fsp3) is 0.400. The predicted octanol–water partition coefficient (Wildman–Crippen LogP) is 0.720. The highest BCUT2D eigenvalue weighted by Gasteiger charge is 2.31. The van der Waals surface area contributed by atoms with E-state index >= 15 is 0 Å². The zero-order valence-electron chi connectivity index (χ0n) is 8.81. The molecule has 0 radical (unpaired) electrons. The zero-order chi connectivity index (χ0) is 12.6. The van der Waals surface area contributed by atoms with Gasteiger partial charge in [0.1, 0.15) is 0 Å². The van der Waals surface area contributed by atoms with Crippen LogP contribution in [0.15, 0.2) is 23.1 Å². The Labute approximate surface area is 97.5 Å². The van der Waals surface area contributed by atoms with Crippen LogP contribution in [-0.4, -0.2) is 37.0 Å². The van der Waals surface area contributed by atoms with Crippen LogP contribution < -0.4 is 0 Å². The highest BCUT2D eigenvalue weighted by Crippen LogP contribution is 2.22. The minimum atomic E-state index is -3.84. The molecular weight excluding hydrogens is 252 g/mol. The maximum absolute atomic E-state index is 13.0. The first kappa shape index (κ1) is 12.4. The van der Waals surface area contributed by atoms with E-state index in [9.17, 15) is 22.3 Å². The average molecular weight is 263 g/mol. The van der Waals surface area contributed by atoms with Crippen LogP contribution in [0, 0.1) is 11.6 Å². The number of hydrogen-bond acceptors (Lipinski definition) is 3. The Morgan fingerprint density at radius 2 is 2.00 bits per heavy atom. The molecule has 0 unspecified atom stereocenters. The SMILES string of the molecule is O=S(=O)(c1ccc(F)c(F)c1)N1CC[C@H](O)C1. The smallest absolute Gasteiger partial charge is 0.243 e. The van der Waals surface area contributed by atoms with Crippen LogP contribution in [0.25, 0.3) is 0 Å². The van der Waals surface area contributed by atoms with Gasteiger partial charge in [0.05, 0.1) is 11.0 Å². The standard InChI is InChI=1S/C10H11F2NO3S/c11-9-2-1-8(5-10(9)12)17(15,16)13-4-3-7(14)6-13/h1-2,5,7,14H,3-4,6H2/t7-/m0/s1. The summed E-state index contributed by atoms with van der Waals surface area (Å²) in [6.07, 6.45) is -0.349. The monoisotopic (exact) mass is 263 g/mol. The van der Waals surface area contributed by atoms with Gasteiger partial charge in [-0.1, -0.05) is 0 Å². The minimum Gasteiger partial charge on any atom is -0.392 e. The number of nitrogens with zero attached hydrogens (tertiary/aromatic N) is 1. The molecule has 1 aliphatic heterocycles. The summed E-state index contributed by atoms with van der Waals surface area (Å²) in [5.41, 5.74) is 0. The van der Waals surface area contributed by atoms with E-state index in [1.807, 2.05) is 0 Å². The van der Waals surface area contributed by atoms with Gasteiger partial charge < -0.3 is 5.11 Å². The van der Waals surface area contributed by atoms with E-state index in [0.717, 1.165) is 16.4 Å². The molecule has 1 fully saturated rings. The van der Waals surface area contributed by atoms with Crippen molar-refractivity contribution in [3.05, 3.63) is 29.8 Å². The summed E-state index contributed by atoms with van der Waals surface area (Å²) in [5.74, 6) is -2.30. The number of aliphatic hydroxyl groups is 1. The Bertz CT molecular complexity index is 532. The largest absolute Gasteiger partial charge is 0.392 e. The van der Waals surface area contributed by atoms with Crippen molar-refractivity contribution < 1.29 is 22.3 Å². The molecule has 7 heteroatoms. The third-order valence-electron chi connectivity index (χ3n) is 2.65. The lowest BCUT2D eigenvalue weighted by atomic mass is 10.3. The summed E-state index contributed by atoms with van der Waals surface area (Å²) in [6, 6.07) is 2.43. The van der Waals surface area contributed by atoms with Crippen molar-refractivity contribution in [2.75, 3.05) is 13.1 Å². The molecule has 0 saturated carbocycles. The molecule has 0 bridgehead atoms. The second-order valence-corrected chi connectivity index (χ2v) is 5.82. The predicted molar refractivity (Wildman–Crippen MR) is 55.7 cm³/mol. The Kier molecular flexibility index (Phi) is 3.15. The summed E-state index contributed by atoms with van der Waals surface area (Å²) in [4.78, 5) is -0.300. The second kappa shape index (κ2) is 4.32. The second-order valence-electron chi connectivity index (χ2n) is 3.88. The number of hydrogen-bond donors (Lipinski definition) is 1. The molecule has 94 valence electrons. The van der Waals surface area contributed by atoms with Crippen molar-refractivity contribution >= 4 is 10.0 Å². The Morgan fingerprint density at radius 1 is 1.29 bits per heavy atom. The fourth-order valence-electron chi connectivity index (χ4n) is 1.72. The van der Waals surface area contributed by atoms with Gasteiger partial charge in [-0.05, 0) is 24.6 Å². The van der Waals surface area contributed by atoms with Crippen LogP contribution in [-0.2, 0) is 10.0 Å². The molecule has 1 saturated heterocycles. The lowest BCUT2D eigenvalue weighted by Gasteiger charge is -2.15. The molecule has 0 aliphatic carbocycles. The van der Waals surface area contributed by atoms with Gasteiger partial charge >= 0.3 is 0 Å². The van der Waals surface area contributed by atoms with Crippen LogP contribution in [0.4, 0.5) is 8.78 Å². The van der Waals surface area contributed by atoms with Crippen LogP contribution in [0.3, 0.4) is 0 Å². The molecule has 1 aliphatic rings. The number of rotatable bonds is 2. The van der Waals surface area contributed by atoms with E-state index in [-0.39, 0.29) is 18.0 Å². The quantitative estimate of drug-likeness (QED) is 0.855. The molecule has 1 heterocycles. The molecule has 1 N–H and O–H groups in total. The molecule has 1 aromatic rings. The highest BCUT2D eigenvalue weighted by molar-refractivity contribution is 7.89. The van der Waals surface area contributed by atoms with E-state index in [1.165, 1.54) is 0 Å². The van der Waals surface area contributed by atoms with Crippen LogP contribution >= 0.6 is 0 Å². The number of sulfonamides is 1. The fourth-order valence-corrected chi connectivity index (χ4v) is 3.22. The van der Waals surface area contributed by atoms with Gasteiger partial charge in [-0.25, -0.2) is 17.2 Å². The summed E-state index contributed by atoms with van der Waals surface area (Å²) < 4.78 is 50.7. The van der Waals surface area contributed by atoms with Gasteiger partial charge in [0, 0.05) is 13.1 Å². The number of β-amino-alcohol motifs (C(OH)–C–C–N with tert-alkyl or cyclic N) is 1. The van der Waals surface area contributed by atoms with Crippen LogP contribution in [0.2, 0.25) is 0 Å². The molecule has 0 spiro atoms. The summed E-state index contributed by atoms with van der Waals surface area (Å²) in [6.45, 7) is 0.170. The van der Waals surface area contributed by atoms with Crippen LogP contribution in [0.5, 0.6) is 0 Å². The van der Waals surface area contributed by atoms with Gasteiger partial charge in [0.2, 0.25) is 10.0 Å². The van der Waals surface area contributed by atoms with Gasteiger partial charge in [-0.2, -0.15) is 4.31 Å². The first-order chi connectivity index (χ1) is 7.91. The molecule has 0 aromatic heterocycles. The number of benzene rings is 1. The van der Waals surface area contributed by atoms with Crippen molar-refractivity contribution in [2.24, 2.45) is 0 Å². The van der Waals surface area contributed by atoms with E-state index in [0.29, 0.717) is 12.5 Å². The van der Waals surface area contributed by atoms with Gasteiger partial charge in [0.25, 0.3) is 0 Å². The number of halogens is 2. The average Bonchev–Trinajstić information content (AvgIpc) is 2.69. The van der Waals surface area contributed by atoms with E-state index < -0.39 is 27.8 Å². The lowest BCUT2D eigenvalue weighted by molar-refractivity contribution is 0.189. The molecule has 0 amide bonds. The van der Waals surface area contributed by atoms with Gasteiger partial charge in [-0.15, -0.1) is 0 Å². The van der Waals surface area contributed by atoms with Gasteiger partial charge in [-0.3, -0.25) is 0 Å². The minimum absolute atomic E-state index is 0.0126. The Morgan fingerprint density at radius 3 is 2.53 bits per heavy atom. The molecule has 1 atom stereocenters. The summed E-state index contributed by atoms with van der Waals surface area (Å²) in [5, 5.41) is 9.27. The lowest BCUT2D eigenvalue weighted by Crippen LogP contribution is -2.29. The maximum Gasteiger partial charge on any atom is 0.243 e. The molecule has 2 rings (SSSR count). The summed E-state index contributed by atoms with van der Waals surface area (Å²) in [7, 11) is -3.84. The first-order valence-corrected chi connectivity index (χ1v) is 6.48. The third-order valence-corrected chi connectivity index (χ3v) is 4.52. The van der Waals surface area contributed by atoms with Crippen molar-refractivity contribution in [3.63, 3.8) is 0 Å². The van der Waals surface area contributed by atoms with Crippen LogP contribution in [0.1, 0.15) is 6.42 Å². The van der Waals surface area contributed by atoms with Crippen molar-refractivity contribution in [2.45, 2.75) is 17.4 Å². The van der Waals surface area contributed by atoms with Gasteiger partial charge in [0.15, 0.2) is 11.6 Å². The first-order valence-electron chi connectivity index (χ1n) is 5.04. The molecule has 4 nitrogen and oxygen atoms in total. The number of aliphatic hydroxyl groups excluding tert-OH is 1. The Hall–Kier alpha value is -1.05. The topological polar surface area (TPSA) is 57.6 Å². The zero-order valence-corrected chi connectivity index (χ0v) is 9.62. The maximum atomic E-state index is 13.0. The normalized spacial score (nSPS) is 21.9. The molecule has 1 aromatic carbocycles. The molecule has 17 heavy (non-hydrogen) atoms.